The first kappa shape index (κ1) is 12.6. The molecular weight excluding hydrogens is 228 g/mol. The molecule has 1 aliphatic rings. The third kappa shape index (κ3) is 2.70. The van der Waals surface area contributed by atoms with Crippen LogP contribution in [0.4, 0.5) is 0 Å². The van der Waals surface area contributed by atoms with E-state index < -0.39 is 0 Å². The lowest BCUT2D eigenvalue weighted by Gasteiger charge is -2.20. The van der Waals surface area contributed by atoms with E-state index in [1.54, 1.807) is 0 Å². The van der Waals surface area contributed by atoms with Crippen molar-refractivity contribution in [1.29, 1.82) is 0 Å². The molecule has 0 saturated heterocycles. The highest BCUT2D eigenvalue weighted by Gasteiger charge is 2.11. The monoisotopic (exact) mass is 246 g/mol. The lowest BCUT2D eigenvalue weighted by molar-refractivity contribution is 0.438. The van der Waals surface area contributed by atoms with Crippen molar-refractivity contribution >= 4 is 0 Å². The molecule has 18 heavy (non-hydrogen) atoms. The van der Waals surface area contributed by atoms with Crippen LogP contribution in [0.1, 0.15) is 26.7 Å². The maximum Gasteiger partial charge on any atom is 0.265 e. The van der Waals surface area contributed by atoms with Gasteiger partial charge in [0.1, 0.15) is 0 Å². The summed E-state index contributed by atoms with van der Waals surface area (Å²) in [6, 6.07) is 2.68. The van der Waals surface area contributed by atoms with Gasteiger partial charge >= 0.3 is 0 Å². The first-order chi connectivity index (χ1) is 8.58. The molecule has 0 spiro atoms. The molecule has 4 nitrogen and oxygen atoms in total. The first-order valence-electron chi connectivity index (χ1n) is 6.20. The standard InChI is InChI=1S/C14H18N2O2/c1-11(2)4-3-5-12-8-9-15-13(17)6-7-14(18)16(15)10-12/h4,6-8H,3,5,9-10H2,1-2H3. The average Bonchev–Trinajstić information content (AvgIpc) is 2.34. The second-order valence-corrected chi connectivity index (χ2v) is 4.83. The van der Waals surface area contributed by atoms with Crippen LogP contribution in [0.5, 0.6) is 0 Å². The lowest BCUT2D eigenvalue weighted by atomic mass is 10.1. The SMILES string of the molecule is CC(C)=CCCC1=CCn2c(=O)ccc(=O)n2C1. The Labute approximate surface area is 106 Å². The molecule has 0 unspecified atom stereocenters. The van der Waals surface area contributed by atoms with Gasteiger partial charge < -0.3 is 0 Å². The number of fused-ring (bicyclic) bond motifs is 1. The van der Waals surface area contributed by atoms with Crippen molar-refractivity contribution in [2.24, 2.45) is 0 Å². The molecule has 0 saturated carbocycles. The van der Waals surface area contributed by atoms with Crippen molar-refractivity contribution in [2.45, 2.75) is 39.8 Å². The lowest BCUT2D eigenvalue weighted by Crippen LogP contribution is -2.39. The molecule has 96 valence electrons. The molecule has 0 bridgehead atoms. The minimum atomic E-state index is -0.116. The summed E-state index contributed by atoms with van der Waals surface area (Å²) in [6.45, 7) is 5.19. The normalized spacial score (nSPS) is 13.8. The molecular formula is C14H18N2O2. The molecule has 1 aromatic rings. The number of rotatable bonds is 3. The van der Waals surface area contributed by atoms with Crippen LogP contribution in [0.3, 0.4) is 0 Å². The zero-order chi connectivity index (χ0) is 13.1. The van der Waals surface area contributed by atoms with E-state index >= 15 is 0 Å². The highest BCUT2D eigenvalue weighted by atomic mass is 16.2. The zero-order valence-electron chi connectivity index (χ0n) is 10.8. The van der Waals surface area contributed by atoms with Crippen molar-refractivity contribution in [1.82, 2.24) is 9.36 Å². The maximum absolute atomic E-state index is 11.7. The molecule has 0 aliphatic carbocycles. The zero-order valence-corrected chi connectivity index (χ0v) is 10.8. The summed E-state index contributed by atoms with van der Waals surface area (Å²) in [6.07, 6.45) is 6.18. The molecule has 0 N–H and O–H groups in total. The highest BCUT2D eigenvalue weighted by Crippen LogP contribution is 2.12. The number of allylic oxidation sites excluding steroid dienone is 4. The smallest absolute Gasteiger partial charge is 0.265 e. The Bertz CT molecular complexity index is 613. The molecule has 0 radical (unpaired) electrons. The Balaban J connectivity index is 2.16. The Morgan fingerprint density at radius 3 is 2.56 bits per heavy atom. The summed E-state index contributed by atoms with van der Waals surface area (Å²) in [7, 11) is 0. The van der Waals surface area contributed by atoms with Crippen LogP contribution in [0, 0.1) is 0 Å². The van der Waals surface area contributed by atoms with Gasteiger partial charge in [-0.05, 0) is 26.7 Å². The average molecular weight is 246 g/mol. The summed E-state index contributed by atoms with van der Waals surface area (Å²) in [5.41, 5.74) is 2.30. The van der Waals surface area contributed by atoms with Crippen molar-refractivity contribution in [3.05, 3.63) is 56.1 Å². The molecule has 2 heterocycles. The molecule has 1 aromatic heterocycles. The van der Waals surface area contributed by atoms with Gasteiger partial charge in [-0.1, -0.05) is 23.3 Å². The summed E-state index contributed by atoms with van der Waals surface area (Å²) < 4.78 is 3.02. The van der Waals surface area contributed by atoms with Gasteiger partial charge in [-0.25, -0.2) is 9.36 Å². The van der Waals surface area contributed by atoms with E-state index in [1.165, 1.54) is 32.6 Å². The fourth-order valence-corrected chi connectivity index (χ4v) is 2.10. The van der Waals surface area contributed by atoms with Crippen LogP contribution in [0.2, 0.25) is 0 Å². The Morgan fingerprint density at radius 1 is 1.22 bits per heavy atom. The van der Waals surface area contributed by atoms with E-state index in [9.17, 15) is 9.59 Å². The highest BCUT2D eigenvalue weighted by molar-refractivity contribution is 5.08. The second kappa shape index (κ2) is 5.21. The van der Waals surface area contributed by atoms with Crippen molar-refractivity contribution < 1.29 is 0 Å². The van der Waals surface area contributed by atoms with Crippen LogP contribution in [0.25, 0.3) is 0 Å². The van der Waals surface area contributed by atoms with Gasteiger partial charge in [0, 0.05) is 12.1 Å². The molecule has 4 heteroatoms. The maximum atomic E-state index is 11.7. The Morgan fingerprint density at radius 2 is 1.89 bits per heavy atom. The number of hydrogen-bond acceptors (Lipinski definition) is 2. The van der Waals surface area contributed by atoms with E-state index in [0.29, 0.717) is 13.1 Å². The van der Waals surface area contributed by atoms with Gasteiger partial charge in [0.2, 0.25) is 0 Å². The molecule has 0 atom stereocenters. The van der Waals surface area contributed by atoms with E-state index in [1.807, 2.05) is 0 Å². The molecule has 0 fully saturated rings. The van der Waals surface area contributed by atoms with Crippen LogP contribution in [-0.4, -0.2) is 9.36 Å². The predicted octanol–water partition coefficient (Wildman–Crippen LogP) is 1.70. The van der Waals surface area contributed by atoms with Crippen LogP contribution < -0.4 is 11.1 Å². The van der Waals surface area contributed by atoms with Crippen LogP contribution >= 0.6 is 0 Å². The minimum Gasteiger partial charge on any atom is -0.268 e. The number of aromatic nitrogens is 2. The van der Waals surface area contributed by atoms with Gasteiger partial charge in [0.15, 0.2) is 0 Å². The molecule has 0 amide bonds. The predicted molar refractivity (Wildman–Crippen MR) is 71.7 cm³/mol. The number of hydrogen-bond donors (Lipinski definition) is 0. The van der Waals surface area contributed by atoms with E-state index in [4.69, 9.17) is 0 Å². The topological polar surface area (TPSA) is 44.0 Å². The fourth-order valence-electron chi connectivity index (χ4n) is 2.10. The molecule has 0 aromatic carbocycles. The van der Waals surface area contributed by atoms with Gasteiger partial charge in [-0.2, -0.15) is 0 Å². The molecule has 1 aliphatic heterocycles. The summed E-state index contributed by atoms with van der Waals surface area (Å²) in [5.74, 6) is 0. The van der Waals surface area contributed by atoms with Gasteiger partial charge in [-0.15, -0.1) is 0 Å². The van der Waals surface area contributed by atoms with Crippen molar-refractivity contribution in [3.8, 4) is 0 Å². The fraction of sp³-hybridized carbons (Fsp3) is 0.429. The first-order valence-corrected chi connectivity index (χ1v) is 6.20. The van der Waals surface area contributed by atoms with Gasteiger partial charge in [0.25, 0.3) is 11.1 Å². The summed E-state index contributed by atoms with van der Waals surface area (Å²) in [4.78, 5) is 23.3. The Hall–Kier alpha value is -1.84. The van der Waals surface area contributed by atoms with Crippen molar-refractivity contribution in [3.63, 3.8) is 0 Å². The van der Waals surface area contributed by atoms with E-state index in [2.05, 4.69) is 26.0 Å². The van der Waals surface area contributed by atoms with Crippen molar-refractivity contribution in [2.75, 3.05) is 0 Å². The van der Waals surface area contributed by atoms with Crippen LogP contribution in [0.15, 0.2) is 45.0 Å². The van der Waals surface area contributed by atoms with E-state index in [-0.39, 0.29) is 11.1 Å². The summed E-state index contributed by atoms with van der Waals surface area (Å²) in [5, 5.41) is 0. The Kier molecular flexibility index (Phi) is 3.65. The number of nitrogens with zero attached hydrogens (tertiary/aromatic N) is 2. The third-order valence-corrected chi connectivity index (χ3v) is 3.09. The summed E-state index contributed by atoms with van der Waals surface area (Å²) >= 11 is 0. The quantitative estimate of drug-likeness (QED) is 0.762. The van der Waals surface area contributed by atoms with Gasteiger partial charge in [0.05, 0.1) is 13.1 Å². The van der Waals surface area contributed by atoms with Crippen LogP contribution in [-0.2, 0) is 13.1 Å². The van der Waals surface area contributed by atoms with Gasteiger partial charge in [-0.3, -0.25) is 9.59 Å². The third-order valence-electron chi connectivity index (χ3n) is 3.09. The second-order valence-electron chi connectivity index (χ2n) is 4.83. The molecule has 2 rings (SSSR count). The largest absolute Gasteiger partial charge is 0.268 e. The van der Waals surface area contributed by atoms with E-state index in [0.717, 1.165) is 12.8 Å². The minimum absolute atomic E-state index is 0.109.